The first-order chi connectivity index (χ1) is 23.6. The van der Waals surface area contributed by atoms with Gasteiger partial charge in [0.25, 0.3) is 0 Å². The summed E-state index contributed by atoms with van der Waals surface area (Å²) in [7, 11) is 0. The van der Waals surface area contributed by atoms with Gasteiger partial charge < -0.3 is 9.47 Å². The molecule has 0 unspecified atom stereocenters. The summed E-state index contributed by atoms with van der Waals surface area (Å²) in [5.74, 6) is 0.647. The molecule has 0 atom stereocenters. The van der Waals surface area contributed by atoms with Crippen molar-refractivity contribution in [3.05, 3.63) is 170 Å². The summed E-state index contributed by atoms with van der Waals surface area (Å²) >= 11 is 0. The average molecular weight is 621 g/mol. The summed E-state index contributed by atoms with van der Waals surface area (Å²) < 4.78 is 2.26. The largest absolute Gasteiger partial charge is 0.317 e. The van der Waals surface area contributed by atoms with Gasteiger partial charge >= 0.3 is 0 Å². The van der Waals surface area contributed by atoms with E-state index in [0.717, 1.165) is 39.4 Å². The van der Waals surface area contributed by atoms with E-state index in [0.29, 0.717) is 5.82 Å². The van der Waals surface area contributed by atoms with Gasteiger partial charge in [-0.1, -0.05) is 48.5 Å². The van der Waals surface area contributed by atoms with E-state index >= 15 is 0 Å². The molecule has 0 N–H and O–H groups in total. The highest BCUT2D eigenvalue weighted by molar-refractivity contribution is 5.93. The van der Waals surface area contributed by atoms with E-state index in [1.807, 2.05) is 12.3 Å². The fourth-order valence-corrected chi connectivity index (χ4v) is 6.44. The SMILES string of the molecule is Cc1ccc(N(c2ccc(-c3cccnc3)cc2)c2ccc(-c3ncncn3)cc2)cc1-c1ccc2c(ccn2-c2ccccc2)c1C. The Morgan fingerprint density at radius 3 is 1.98 bits per heavy atom. The number of para-hydroxylation sites is 1. The van der Waals surface area contributed by atoms with Crippen LogP contribution in [0.5, 0.6) is 0 Å². The highest BCUT2D eigenvalue weighted by Gasteiger charge is 2.17. The van der Waals surface area contributed by atoms with E-state index in [9.17, 15) is 0 Å². The number of anilines is 3. The van der Waals surface area contributed by atoms with Crippen molar-refractivity contribution in [2.24, 2.45) is 0 Å². The summed E-state index contributed by atoms with van der Waals surface area (Å²) in [4.78, 5) is 19.3. The lowest BCUT2D eigenvalue weighted by Crippen LogP contribution is -2.10. The van der Waals surface area contributed by atoms with E-state index in [-0.39, 0.29) is 0 Å². The third-order valence-corrected chi connectivity index (χ3v) is 8.94. The molecule has 3 aromatic heterocycles. The quantitative estimate of drug-likeness (QED) is 0.177. The first-order valence-corrected chi connectivity index (χ1v) is 15.9. The second kappa shape index (κ2) is 12.4. The van der Waals surface area contributed by atoms with Crippen LogP contribution in [-0.4, -0.2) is 24.5 Å². The highest BCUT2D eigenvalue weighted by atomic mass is 15.1. The fraction of sp³-hybridized carbons (Fsp3) is 0.0476. The van der Waals surface area contributed by atoms with Crippen LogP contribution in [0.1, 0.15) is 11.1 Å². The molecule has 0 saturated heterocycles. The van der Waals surface area contributed by atoms with E-state index in [2.05, 4.69) is 171 Å². The molecule has 8 aromatic rings. The fourth-order valence-electron chi connectivity index (χ4n) is 6.44. The maximum absolute atomic E-state index is 4.34. The van der Waals surface area contributed by atoms with Crippen LogP contribution < -0.4 is 4.90 Å². The third kappa shape index (κ3) is 5.39. The monoisotopic (exact) mass is 620 g/mol. The molecule has 3 heterocycles. The molecule has 5 aromatic carbocycles. The van der Waals surface area contributed by atoms with E-state index in [1.165, 1.54) is 45.8 Å². The minimum Gasteiger partial charge on any atom is -0.317 e. The maximum atomic E-state index is 4.34. The number of hydrogen-bond donors (Lipinski definition) is 0. The highest BCUT2D eigenvalue weighted by Crippen LogP contribution is 2.40. The van der Waals surface area contributed by atoms with Crippen molar-refractivity contribution < 1.29 is 0 Å². The van der Waals surface area contributed by atoms with Gasteiger partial charge in [0.15, 0.2) is 5.82 Å². The Morgan fingerprint density at radius 1 is 0.562 bits per heavy atom. The average Bonchev–Trinajstić information content (AvgIpc) is 3.60. The van der Waals surface area contributed by atoms with Crippen molar-refractivity contribution in [3.63, 3.8) is 0 Å². The number of benzene rings is 5. The van der Waals surface area contributed by atoms with Gasteiger partial charge in [0.1, 0.15) is 12.7 Å². The molecule has 0 aliphatic carbocycles. The van der Waals surface area contributed by atoms with Crippen molar-refractivity contribution in [1.82, 2.24) is 24.5 Å². The van der Waals surface area contributed by atoms with Gasteiger partial charge in [0, 0.05) is 52.3 Å². The van der Waals surface area contributed by atoms with Crippen LogP contribution >= 0.6 is 0 Å². The lowest BCUT2D eigenvalue weighted by Gasteiger charge is -2.27. The van der Waals surface area contributed by atoms with Gasteiger partial charge in [0.2, 0.25) is 0 Å². The normalized spacial score (nSPS) is 11.1. The Hall–Kier alpha value is -6.40. The minimum atomic E-state index is 0.647. The number of rotatable bonds is 7. The lowest BCUT2D eigenvalue weighted by atomic mass is 9.93. The zero-order valence-electron chi connectivity index (χ0n) is 26.7. The lowest BCUT2D eigenvalue weighted by molar-refractivity contribution is 1.06. The molecule has 0 aliphatic heterocycles. The van der Waals surface area contributed by atoms with Crippen molar-refractivity contribution in [2.75, 3.05) is 4.90 Å². The van der Waals surface area contributed by atoms with Gasteiger partial charge in [0.05, 0.1) is 5.52 Å². The zero-order valence-corrected chi connectivity index (χ0v) is 26.7. The van der Waals surface area contributed by atoms with E-state index in [1.54, 1.807) is 6.20 Å². The van der Waals surface area contributed by atoms with Crippen LogP contribution in [0.15, 0.2) is 159 Å². The van der Waals surface area contributed by atoms with Gasteiger partial charge in [-0.15, -0.1) is 0 Å². The van der Waals surface area contributed by atoms with Gasteiger partial charge in [-0.3, -0.25) is 4.98 Å². The maximum Gasteiger partial charge on any atom is 0.162 e. The Morgan fingerprint density at radius 2 is 1.27 bits per heavy atom. The summed E-state index contributed by atoms with van der Waals surface area (Å²) in [6, 6.07) is 45.0. The Kier molecular flexibility index (Phi) is 7.51. The molecule has 230 valence electrons. The molecule has 0 radical (unpaired) electrons. The number of aryl methyl sites for hydroxylation is 2. The predicted octanol–water partition coefficient (Wildman–Crippen LogP) is 10.3. The van der Waals surface area contributed by atoms with Crippen molar-refractivity contribution >= 4 is 28.0 Å². The number of nitrogens with zero attached hydrogens (tertiary/aromatic N) is 6. The van der Waals surface area contributed by atoms with Crippen molar-refractivity contribution in [3.8, 4) is 39.3 Å². The van der Waals surface area contributed by atoms with Crippen LogP contribution in [-0.2, 0) is 0 Å². The third-order valence-electron chi connectivity index (χ3n) is 8.94. The van der Waals surface area contributed by atoms with Gasteiger partial charge in [-0.2, -0.15) is 0 Å². The number of fused-ring (bicyclic) bond motifs is 1. The van der Waals surface area contributed by atoms with Crippen LogP contribution in [0.2, 0.25) is 0 Å². The van der Waals surface area contributed by atoms with Crippen LogP contribution in [0.3, 0.4) is 0 Å². The molecule has 0 saturated carbocycles. The van der Waals surface area contributed by atoms with Gasteiger partial charge in [-0.25, -0.2) is 15.0 Å². The van der Waals surface area contributed by atoms with Gasteiger partial charge in [-0.05, 0) is 126 Å². The number of pyridine rings is 1. The molecular formula is C42H32N6. The summed E-state index contributed by atoms with van der Waals surface area (Å²) in [6.45, 7) is 4.42. The second-order valence-electron chi connectivity index (χ2n) is 11.8. The van der Waals surface area contributed by atoms with Crippen LogP contribution in [0.4, 0.5) is 17.1 Å². The Bertz CT molecular complexity index is 2250. The standard InChI is InChI=1S/C42H32N6/c1-29-10-15-37(25-40(29)38-20-21-41-39(30(38)2)22-24-47(41)34-8-4-3-5-9-34)48(35-16-11-31(12-17-35)33-7-6-23-43-26-33)36-18-13-32(14-19-36)42-45-27-44-28-46-42/h3-28H,1-2H3. The molecule has 48 heavy (non-hydrogen) atoms. The molecule has 0 aliphatic rings. The number of aromatic nitrogens is 5. The summed E-state index contributed by atoms with van der Waals surface area (Å²) in [6.07, 6.45) is 8.91. The molecule has 0 spiro atoms. The minimum absolute atomic E-state index is 0.647. The number of hydrogen-bond acceptors (Lipinski definition) is 5. The first-order valence-electron chi connectivity index (χ1n) is 15.9. The zero-order chi connectivity index (χ0) is 32.5. The first kappa shape index (κ1) is 29.0. The van der Waals surface area contributed by atoms with Crippen LogP contribution in [0, 0.1) is 13.8 Å². The van der Waals surface area contributed by atoms with Crippen molar-refractivity contribution in [2.45, 2.75) is 13.8 Å². The Balaban J connectivity index is 1.23. The summed E-state index contributed by atoms with van der Waals surface area (Å²) in [5, 5.41) is 1.25. The molecule has 0 bridgehead atoms. The molecule has 6 heteroatoms. The van der Waals surface area contributed by atoms with Crippen molar-refractivity contribution in [1.29, 1.82) is 0 Å². The smallest absolute Gasteiger partial charge is 0.162 e. The molecule has 8 rings (SSSR count). The second-order valence-corrected chi connectivity index (χ2v) is 11.8. The predicted molar refractivity (Wildman–Crippen MR) is 195 cm³/mol. The molecule has 0 amide bonds. The van der Waals surface area contributed by atoms with E-state index in [4.69, 9.17) is 0 Å². The topological polar surface area (TPSA) is 59.7 Å². The molecule has 0 fully saturated rings. The van der Waals surface area contributed by atoms with Crippen LogP contribution in [0.25, 0.3) is 50.2 Å². The molecule has 6 nitrogen and oxygen atoms in total. The Labute approximate surface area is 279 Å². The summed E-state index contributed by atoms with van der Waals surface area (Å²) in [5.41, 5.74) is 13.6. The molecular weight excluding hydrogens is 589 g/mol. The van der Waals surface area contributed by atoms with E-state index < -0.39 is 0 Å².